The number of rotatable bonds is 12. The van der Waals surface area contributed by atoms with E-state index in [2.05, 4.69) is 5.10 Å². The second-order valence-corrected chi connectivity index (χ2v) is 13.9. The van der Waals surface area contributed by atoms with E-state index >= 15 is 4.39 Å². The molecule has 242 valence electrons. The molecule has 1 aliphatic rings. The average Bonchev–Trinajstić information content (AvgIpc) is 3.49. The minimum atomic E-state index is -0.993. The Morgan fingerprint density at radius 1 is 1.11 bits per heavy atom. The molecule has 0 unspecified atom stereocenters. The number of amides is 1. The molecule has 1 aliphatic heterocycles. The van der Waals surface area contributed by atoms with Gasteiger partial charge in [-0.2, -0.15) is 5.10 Å². The van der Waals surface area contributed by atoms with Crippen LogP contribution in [0.15, 0.2) is 65.8 Å². The molecule has 0 atom stereocenters. The predicted molar refractivity (Wildman–Crippen MR) is 182 cm³/mol. The summed E-state index contributed by atoms with van der Waals surface area (Å²) in [6.07, 6.45) is 4.81. The first-order chi connectivity index (χ1) is 21.9. The Kier molecular flexibility index (Phi) is 10.8. The average molecular weight is 685 g/mol. The van der Waals surface area contributed by atoms with Crippen LogP contribution in [0.25, 0.3) is 11.1 Å². The summed E-state index contributed by atoms with van der Waals surface area (Å²) in [5, 5.41) is 15.2. The molecule has 0 saturated carbocycles. The van der Waals surface area contributed by atoms with E-state index in [0.29, 0.717) is 31.0 Å². The monoisotopic (exact) mass is 683 g/mol. The number of aliphatic hydroxyl groups is 1. The van der Waals surface area contributed by atoms with E-state index in [0.717, 1.165) is 38.8 Å². The van der Waals surface area contributed by atoms with Gasteiger partial charge in [-0.25, -0.2) is 4.39 Å². The molecule has 3 aromatic carbocycles. The molecule has 2 heterocycles. The zero-order chi connectivity index (χ0) is 33.0. The van der Waals surface area contributed by atoms with E-state index in [1.807, 2.05) is 54.4 Å². The molecular formula is C35H36Cl2FN3O4S. The normalized spacial score (nSPS) is 13.1. The molecule has 0 bridgehead atoms. The molecular weight excluding hydrogens is 648 g/mol. The Hall–Kier alpha value is -3.37. The first-order valence-electron chi connectivity index (χ1n) is 15.1. The number of halogens is 3. The largest absolute Gasteiger partial charge is 0.493 e. The zero-order valence-electron chi connectivity index (χ0n) is 26.0. The highest BCUT2D eigenvalue weighted by atomic mass is 35.5. The molecule has 7 nitrogen and oxygen atoms in total. The third kappa shape index (κ3) is 8.12. The molecule has 0 fully saturated rings. The van der Waals surface area contributed by atoms with E-state index in [9.17, 15) is 14.7 Å². The number of aromatic nitrogens is 2. The van der Waals surface area contributed by atoms with Crippen molar-refractivity contribution in [3.05, 3.63) is 93.5 Å². The van der Waals surface area contributed by atoms with Crippen LogP contribution in [0, 0.1) is 12.7 Å². The Bertz CT molecular complexity index is 1730. The van der Waals surface area contributed by atoms with Gasteiger partial charge in [0.25, 0.3) is 0 Å². The number of hydrogen-bond acceptors (Lipinski definition) is 6. The number of nitrogens with zero attached hydrogens (tertiary/aromatic N) is 3. The summed E-state index contributed by atoms with van der Waals surface area (Å²) in [4.78, 5) is 28.7. The fourth-order valence-corrected chi connectivity index (χ4v) is 6.83. The van der Waals surface area contributed by atoms with Crippen LogP contribution in [0.2, 0.25) is 10.0 Å². The molecule has 1 aromatic heterocycles. The van der Waals surface area contributed by atoms with Gasteiger partial charge in [0.15, 0.2) is 5.78 Å². The van der Waals surface area contributed by atoms with Gasteiger partial charge in [-0.15, -0.1) is 11.8 Å². The second kappa shape index (κ2) is 14.6. The van der Waals surface area contributed by atoms with Crippen molar-refractivity contribution in [3.63, 3.8) is 0 Å². The van der Waals surface area contributed by atoms with Crippen molar-refractivity contribution >= 4 is 52.3 Å². The van der Waals surface area contributed by atoms with E-state index < -0.39 is 11.4 Å². The standard InChI is InChI=1S/C35H36Cl2FN3O4S/c1-22-27(36)8-5-10-32(22)45-15-6-11-33(43)41-14-16-46-34-25(7-4-9-30(34)41)24-19-39-40(20-24)21-26-28(37)17-23(18-29(26)38)31(42)12-13-35(2,3)44/h4-5,7-10,17-20,44H,6,11-16,21H2,1-3H3. The van der Waals surface area contributed by atoms with Crippen molar-refractivity contribution < 1.29 is 23.8 Å². The van der Waals surface area contributed by atoms with Gasteiger partial charge in [-0.1, -0.05) is 41.4 Å². The Morgan fingerprint density at radius 2 is 1.89 bits per heavy atom. The maximum atomic E-state index is 15.2. The third-order valence-electron chi connectivity index (χ3n) is 7.85. The minimum absolute atomic E-state index is 0.0351. The molecule has 46 heavy (non-hydrogen) atoms. The van der Waals surface area contributed by atoms with Gasteiger partial charge in [0.1, 0.15) is 11.6 Å². The van der Waals surface area contributed by atoms with Gasteiger partial charge < -0.3 is 14.7 Å². The first-order valence-corrected chi connectivity index (χ1v) is 16.9. The fraction of sp³-hybridized carbons (Fsp3) is 0.343. The summed E-state index contributed by atoms with van der Waals surface area (Å²) in [6.45, 7) is 6.25. The topological polar surface area (TPSA) is 84.7 Å². The van der Waals surface area contributed by atoms with Gasteiger partial charge in [0, 0.05) is 74.1 Å². The van der Waals surface area contributed by atoms with Gasteiger partial charge in [-0.05, 0) is 63.9 Å². The number of anilines is 1. The van der Waals surface area contributed by atoms with Crippen molar-refractivity contribution in [2.45, 2.75) is 63.5 Å². The highest BCUT2D eigenvalue weighted by Gasteiger charge is 2.26. The van der Waals surface area contributed by atoms with Gasteiger partial charge in [0.05, 0.1) is 30.6 Å². The lowest BCUT2D eigenvalue weighted by Gasteiger charge is -2.30. The molecule has 1 amide bonds. The van der Waals surface area contributed by atoms with E-state index in [1.54, 1.807) is 36.5 Å². The van der Waals surface area contributed by atoms with Crippen LogP contribution in [0.1, 0.15) is 61.0 Å². The SMILES string of the molecule is Cc1c(Cl)cccc1OCCCC(=O)N1CCSc2c(-c3cnn(Cc4c(F)cc(C(=O)CCC(C)(C)O)cc4Cl)c3)cccc21. The van der Waals surface area contributed by atoms with Crippen molar-refractivity contribution in [2.24, 2.45) is 0 Å². The smallest absolute Gasteiger partial charge is 0.227 e. The maximum Gasteiger partial charge on any atom is 0.227 e. The number of carbonyl (C=O) groups is 2. The van der Waals surface area contributed by atoms with E-state index in [1.165, 1.54) is 12.1 Å². The summed E-state index contributed by atoms with van der Waals surface area (Å²) in [5.41, 5.74) is 2.92. The lowest BCUT2D eigenvalue weighted by atomic mass is 9.97. The van der Waals surface area contributed by atoms with Crippen molar-refractivity contribution in [2.75, 3.05) is 23.8 Å². The molecule has 0 radical (unpaired) electrons. The number of ketones is 1. The lowest BCUT2D eigenvalue weighted by Crippen LogP contribution is -2.35. The molecule has 0 spiro atoms. The number of Topliss-reactive ketones (excluding diaryl/α,β-unsaturated/α-hetero) is 1. The van der Waals surface area contributed by atoms with Crippen LogP contribution in [0.3, 0.4) is 0 Å². The fourth-order valence-electron chi connectivity index (χ4n) is 5.25. The summed E-state index contributed by atoms with van der Waals surface area (Å²) in [7, 11) is 0. The zero-order valence-corrected chi connectivity index (χ0v) is 28.3. The third-order valence-corrected chi connectivity index (χ3v) is 9.70. The molecule has 1 N–H and O–H groups in total. The maximum absolute atomic E-state index is 15.2. The van der Waals surface area contributed by atoms with Crippen LogP contribution >= 0.6 is 35.0 Å². The number of carbonyl (C=O) groups excluding carboxylic acids is 2. The van der Waals surface area contributed by atoms with Gasteiger partial charge in [0.2, 0.25) is 5.91 Å². The van der Waals surface area contributed by atoms with E-state index in [-0.39, 0.29) is 47.2 Å². The van der Waals surface area contributed by atoms with Crippen LogP contribution in [0.4, 0.5) is 10.1 Å². The van der Waals surface area contributed by atoms with Gasteiger partial charge >= 0.3 is 0 Å². The Balaban J connectivity index is 1.25. The minimum Gasteiger partial charge on any atom is -0.493 e. The van der Waals surface area contributed by atoms with Crippen molar-refractivity contribution in [1.82, 2.24) is 9.78 Å². The Labute approximate surface area is 282 Å². The highest BCUT2D eigenvalue weighted by molar-refractivity contribution is 7.99. The molecule has 0 saturated heterocycles. The molecule has 0 aliphatic carbocycles. The lowest BCUT2D eigenvalue weighted by molar-refractivity contribution is -0.118. The molecule has 4 aromatic rings. The first kappa shape index (κ1) is 34.0. The Morgan fingerprint density at radius 3 is 2.65 bits per heavy atom. The molecule has 11 heteroatoms. The number of fused-ring (bicyclic) bond motifs is 1. The van der Waals surface area contributed by atoms with Crippen molar-refractivity contribution in [3.8, 4) is 16.9 Å². The van der Waals surface area contributed by atoms with Crippen LogP contribution < -0.4 is 9.64 Å². The predicted octanol–water partition coefficient (Wildman–Crippen LogP) is 8.38. The summed E-state index contributed by atoms with van der Waals surface area (Å²) in [6, 6.07) is 14.1. The van der Waals surface area contributed by atoms with Crippen LogP contribution in [0.5, 0.6) is 5.75 Å². The summed E-state index contributed by atoms with van der Waals surface area (Å²) in [5.74, 6) is 0.638. The summed E-state index contributed by atoms with van der Waals surface area (Å²) >= 11 is 14.3. The van der Waals surface area contributed by atoms with Crippen LogP contribution in [-0.2, 0) is 11.3 Å². The number of hydrogen-bond donors (Lipinski definition) is 1. The van der Waals surface area contributed by atoms with Crippen molar-refractivity contribution in [1.29, 1.82) is 0 Å². The highest BCUT2D eigenvalue weighted by Crippen LogP contribution is 2.42. The number of thioether (sulfide) groups is 1. The number of benzene rings is 3. The number of ether oxygens (including phenoxy) is 1. The van der Waals surface area contributed by atoms with Crippen LogP contribution in [-0.4, -0.2) is 51.1 Å². The van der Waals surface area contributed by atoms with Gasteiger partial charge in [-0.3, -0.25) is 14.3 Å². The molecule has 5 rings (SSSR count). The second-order valence-electron chi connectivity index (χ2n) is 11.9. The van der Waals surface area contributed by atoms with E-state index in [4.69, 9.17) is 27.9 Å². The quantitative estimate of drug-likeness (QED) is 0.119. The summed E-state index contributed by atoms with van der Waals surface area (Å²) < 4.78 is 22.6.